The Bertz CT molecular complexity index is 174. The van der Waals surface area contributed by atoms with Gasteiger partial charge in [-0.05, 0) is 45.5 Å². The highest BCUT2D eigenvalue weighted by Gasteiger charge is 2.07. The average molecular weight is 232 g/mol. The average Bonchev–Trinajstić information content (AvgIpc) is 2.17. The summed E-state index contributed by atoms with van der Waals surface area (Å²) in [6.07, 6.45) is 4.82. The zero-order chi connectivity index (χ0) is 11.7. The molecule has 0 bridgehead atoms. The van der Waals surface area contributed by atoms with E-state index in [4.69, 9.17) is 0 Å². The molecule has 0 heterocycles. The first-order chi connectivity index (χ1) is 7.07. The molecule has 0 fully saturated rings. The van der Waals surface area contributed by atoms with Crippen LogP contribution in [0, 0.1) is 0 Å². The van der Waals surface area contributed by atoms with Crippen LogP contribution in [-0.2, 0) is 4.79 Å². The molecule has 0 aromatic heterocycles. The lowest BCUT2D eigenvalue weighted by Crippen LogP contribution is -2.29. The van der Waals surface area contributed by atoms with Gasteiger partial charge in [-0.25, -0.2) is 0 Å². The third kappa shape index (κ3) is 8.75. The molecule has 0 aliphatic carbocycles. The van der Waals surface area contributed by atoms with Crippen molar-refractivity contribution in [2.45, 2.75) is 19.3 Å². The normalized spacial score (nSPS) is 10.7. The second kappa shape index (κ2) is 9.04. The molecule has 0 saturated carbocycles. The summed E-state index contributed by atoms with van der Waals surface area (Å²) < 4.78 is 0. The quantitative estimate of drug-likeness (QED) is 0.593. The van der Waals surface area contributed by atoms with Gasteiger partial charge in [0.25, 0.3) is 0 Å². The van der Waals surface area contributed by atoms with Crippen molar-refractivity contribution in [1.82, 2.24) is 9.80 Å². The first kappa shape index (κ1) is 14.8. The Kier molecular flexibility index (Phi) is 8.91. The highest BCUT2D eigenvalue weighted by Crippen LogP contribution is 2.02. The van der Waals surface area contributed by atoms with Crippen LogP contribution < -0.4 is 0 Å². The number of nitrogens with zero attached hydrogens (tertiary/aromatic N) is 2. The second-order valence-corrected chi connectivity index (χ2v) is 5.05. The lowest BCUT2D eigenvalue weighted by Gasteiger charge is -2.18. The Morgan fingerprint density at radius 2 is 1.80 bits per heavy atom. The molecule has 0 saturated heterocycles. The largest absolute Gasteiger partial charge is 0.346 e. The smallest absolute Gasteiger partial charge is 0.222 e. The lowest BCUT2D eigenvalue weighted by molar-refractivity contribution is -0.129. The summed E-state index contributed by atoms with van der Waals surface area (Å²) in [5, 5.41) is 0. The first-order valence-corrected chi connectivity index (χ1v) is 6.85. The van der Waals surface area contributed by atoms with Crippen molar-refractivity contribution in [2.75, 3.05) is 46.2 Å². The van der Waals surface area contributed by atoms with Crippen LogP contribution in [0.4, 0.5) is 0 Å². The Balaban J connectivity index is 3.51. The fraction of sp³-hybridized carbons (Fsp3) is 0.909. The summed E-state index contributed by atoms with van der Waals surface area (Å²) in [6, 6.07) is 0. The Labute approximate surface area is 98.2 Å². The first-order valence-electron chi connectivity index (χ1n) is 5.45. The van der Waals surface area contributed by atoms with Gasteiger partial charge in [0, 0.05) is 20.0 Å². The maximum atomic E-state index is 11.6. The SMILES string of the molecule is CSCCCC(=O)N(C)CCCN(C)C. The molecule has 90 valence electrons. The van der Waals surface area contributed by atoms with Crippen LogP contribution in [0.5, 0.6) is 0 Å². The zero-order valence-electron chi connectivity index (χ0n) is 10.5. The molecule has 0 rings (SSSR count). The molecular weight excluding hydrogens is 208 g/mol. The number of thioether (sulfide) groups is 1. The zero-order valence-corrected chi connectivity index (χ0v) is 11.3. The van der Waals surface area contributed by atoms with Crippen LogP contribution in [0.1, 0.15) is 19.3 Å². The lowest BCUT2D eigenvalue weighted by atomic mass is 10.3. The summed E-state index contributed by atoms with van der Waals surface area (Å²) >= 11 is 1.80. The highest BCUT2D eigenvalue weighted by atomic mass is 32.2. The second-order valence-electron chi connectivity index (χ2n) is 4.07. The summed E-state index contributed by atoms with van der Waals surface area (Å²) in [5.74, 6) is 1.36. The molecule has 0 radical (unpaired) electrons. The Morgan fingerprint density at radius 1 is 1.13 bits per heavy atom. The fourth-order valence-electron chi connectivity index (χ4n) is 1.31. The van der Waals surface area contributed by atoms with Crippen LogP contribution in [0.2, 0.25) is 0 Å². The molecule has 15 heavy (non-hydrogen) atoms. The molecule has 0 atom stereocenters. The summed E-state index contributed by atoms with van der Waals surface area (Å²) in [6.45, 7) is 1.92. The minimum absolute atomic E-state index is 0.280. The number of carbonyl (C=O) groups excluding carboxylic acids is 1. The minimum Gasteiger partial charge on any atom is -0.346 e. The Morgan fingerprint density at radius 3 is 2.33 bits per heavy atom. The number of hydrogen-bond acceptors (Lipinski definition) is 3. The van der Waals surface area contributed by atoms with E-state index in [-0.39, 0.29) is 5.91 Å². The molecule has 0 aliphatic heterocycles. The van der Waals surface area contributed by atoms with E-state index >= 15 is 0 Å². The van der Waals surface area contributed by atoms with Crippen LogP contribution in [0.15, 0.2) is 0 Å². The summed E-state index contributed by atoms with van der Waals surface area (Å²) in [5.41, 5.74) is 0. The van der Waals surface area contributed by atoms with Gasteiger partial charge in [-0.2, -0.15) is 11.8 Å². The van der Waals surface area contributed by atoms with Gasteiger partial charge in [0.05, 0.1) is 0 Å². The predicted octanol–water partition coefficient (Wildman–Crippen LogP) is 1.54. The van der Waals surface area contributed by atoms with E-state index in [1.54, 1.807) is 11.8 Å². The Hall–Kier alpha value is -0.220. The van der Waals surface area contributed by atoms with Crippen LogP contribution in [0.3, 0.4) is 0 Å². The van der Waals surface area contributed by atoms with Crippen LogP contribution in [-0.4, -0.2) is 61.9 Å². The van der Waals surface area contributed by atoms with Gasteiger partial charge in [-0.3, -0.25) is 4.79 Å². The van der Waals surface area contributed by atoms with Gasteiger partial charge in [0.1, 0.15) is 0 Å². The third-order valence-corrected chi connectivity index (χ3v) is 2.96. The molecule has 4 heteroatoms. The van der Waals surface area contributed by atoms with Crippen molar-refractivity contribution < 1.29 is 4.79 Å². The highest BCUT2D eigenvalue weighted by molar-refractivity contribution is 7.98. The summed E-state index contributed by atoms with van der Waals surface area (Å²) in [4.78, 5) is 15.6. The van der Waals surface area contributed by atoms with Crippen molar-refractivity contribution in [2.24, 2.45) is 0 Å². The molecular formula is C11H24N2OS. The van der Waals surface area contributed by atoms with E-state index in [9.17, 15) is 4.79 Å². The van der Waals surface area contributed by atoms with E-state index in [1.165, 1.54) is 0 Å². The number of amides is 1. The third-order valence-electron chi connectivity index (χ3n) is 2.26. The summed E-state index contributed by atoms with van der Waals surface area (Å²) in [7, 11) is 6.01. The van der Waals surface area contributed by atoms with Gasteiger partial charge in [-0.15, -0.1) is 0 Å². The molecule has 0 spiro atoms. The van der Waals surface area contributed by atoms with Crippen LogP contribution in [0.25, 0.3) is 0 Å². The van der Waals surface area contributed by atoms with Gasteiger partial charge >= 0.3 is 0 Å². The van der Waals surface area contributed by atoms with Crippen molar-refractivity contribution >= 4 is 17.7 Å². The molecule has 0 aliphatic rings. The van der Waals surface area contributed by atoms with E-state index < -0.39 is 0 Å². The van der Waals surface area contributed by atoms with Crippen molar-refractivity contribution in [1.29, 1.82) is 0 Å². The number of rotatable bonds is 8. The molecule has 0 aromatic carbocycles. The van der Waals surface area contributed by atoms with Crippen molar-refractivity contribution in [3.8, 4) is 0 Å². The standard InChI is InChI=1S/C11H24N2OS/c1-12(2)8-6-9-13(3)11(14)7-5-10-15-4/h5-10H2,1-4H3. The van der Waals surface area contributed by atoms with Crippen molar-refractivity contribution in [3.63, 3.8) is 0 Å². The maximum Gasteiger partial charge on any atom is 0.222 e. The van der Waals surface area contributed by atoms with Crippen LogP contribution >= 0.6 is 11.8 Å². The van der Waals surface area contributed by atoms with Gasteiger partial charge < -0.3 is 9.80 Å². The van der Waals surface area contributed by atoms with E-state index in [0.29, 0.717) is 6.42 Å². The molecule has 0 unspecified atom stereocenters. The minimum atomic E-state index is 0.280. The predicted molar refractivity (Wildman–Crippen MR) is 68.4 cm³/mol. The van der Waals surface area contributed by atoms with Crippen molar-refractivity contribution in [3.05, 3.63) is 0 Å². The molecule has 0 aromatic rings. The molecule has 1 amide bonds. The van der Waals surface area contributed by atoms with E-state index in [1.807, 2.05) is 11.9 Å². The maximum absolute atomic E-state index is 11.6. The van der Waals surface area contributed by atoms with Gasteiger partial charge in [-0.1, -0.05) is 0 Å². The topological polar surface area (TPSA) is 23.6 Å². The molecule has 3 nitrogen and oxygen atoms in total. The van der Waals surface area contributed by atoms with Gasteiger partial charge in [0.15, 0.2) is 0 Å². The fourth-order valence-corrected chi connectivity index (χ4v) is 1.74. The molecule has 0 N–H and O–H groups in total. The van der Waals surface area contributed by atoms with E-state index in [0.717, 1.165) is 31.7 Å². The number of hydrogen-bond donors (Lipinski definition) is 0. The number of carbonyl (C=O) groups is 1. The monoisotopic (exact) mass is 232 g/mol. The van der Waals surface area contributed by atoms with E-state index in [2.05, 4.69) is 25.3 Å². The van der Waals surface area contributed by atoms with Gasteiger partial charge in [0.2, 0.25) is 5.91 Å².